The highest BCUT2D eigenvalue weighted by molar-refractivity contribution is 7.13. The average Bonchev–Trinajstić information content (AvgIpc) is 3.91. The number of aliphatic hydroxyl groups excluding tert-OH is 1. The van der Waals surface area contributed by atoms with E-state index in [0.29, 0.717) is 28.7 Å². The Morgan fingerprint density at radius 2 is 1.76 bits per heavy atom. The fourth-order valence-corrected chi connectivity index (χ4v) is 10.6. The maximum atomic E-state index is 14.2. The molecule has 2 aromatic heterocycles. The lowest BCUT2D eigenvalue weighted by Gasteiger charge is -2.36. The topological polar surface area (TPSA) is 150 Å². The number of aryl methyl sites for hydroxylation is 1. The van der Waals surface area contributed by atoms with E-state index in [0.717, 1.165) is 64.4 Å². The van der Waals surface area contributed by atoms with Gasteiger partial charge >= 0.3 is 0 Å². The first kappa shape index (κ1) is 43.7. The Bertz CT molecular complexity index is 2590. The van der Waals surface area contributed by atoms with Crippen LogP contribution in [0, 0.1) is 12.3 Å². The number of carbonyl (C=O) groups excluding carboxylic acids is 3. The van der Waals surface area contributed by atoms with Crippen LogP contribution in [-0.2, 0) is 19.8 Å². The number of hydrogen-bond acceptors (Lipinski definition) is 9. The Hall–Kier alpha value is -4.95. The lowest BCUT2D eigenvalue weighted by molar-refractivity contribution is -0.144. The molecule has 14 heteroatoms. The molecule has 4 atom stereocenters. The number of aliphatic hydroxyl groups is 1. The van der Waals surface area contributed by atoms with E-state index in [1.165, 1.54) is 10.5 Å². The first-order chi connectivity index (χ1) is 29.4. The van der Waals surface area contributed by atoms with Crippen molar-refractivity contribution in [3.05, 3.63) is 110 Å². The molecule has 0 bridgehead atoms. The molecule has 3 aliphatic heterocycles. The van der Waals surface area contributed by atoms with Gasteiger partial charge in [-0.05, 0) is 105 Å². The zero-order valence-electron chi connectivity index (χ0n) is 36.5. The minimum atomic E-state index is -0.891. The van der Waals surface area contributed by atoms with Crippen LogP contribution in [-0.4, -0.2) is 91.5 Å². The van der Waals surface area contributed by atoms with E-state index < -0.39 is 29.0 Å². The molecule has 2 saturated heterocycles. The Morgan fingerprint density at radius 3 is 2.44 bits per heavy atom. The van der Waals surface area contributed by atoms with Gasteiger partial charge < -0.3 is 25.5 Å². The number of thiazole rings is 1. The fourth-order valence-electron chi connectivity index (χ4n) is 9.52. The molecule has 0 radical (unpaired) electrons. The van der Waals surface area contributed by atoms with Gasteiger partial charge in [0.05, 0.1) is 55.3 Å². The number of nitrogens with zero attached hydrogens (tertiary/aromatic N) is 5. The van der Waals surface area contributed by atoms with E-state index >= 15 is 0 Å². The van der Waals surface area contributed by atoms with Crippen molar-refractivity contribution in [1.29, 1.82) is 0 Å². The van der Waals surface area contributed by atoms with Gasteiger partial charge in [0, 0.05) is 25.9 Å². The van der Waals surface area contributed by atoms with Crippen molar-refractivity contribution >= 4 is 51.6 Å². The van der Waals surface area contributed by atoms with Gasteiger partial charge in [0.25, 0.3) is 5.56 Å². The van der Waals surface area contributed by atoms with E-state index in [4.69, 9.17) is 11.6 Å². The summed E-state index contributed by atoms with van der Waals surface area (Å²) in [6.07, 6.45) is 1.34. The molecular weight excluding hydrogens is 822 g/mol. The molecule has 0 unspecified atom stereocenters. The van der Waals surface area contributed by atoms with Crippen LogP contribution in [0.25, 0.3) is 27.0 Å². The molecule has 3 aliphatic rings. The number of carbonyl (C=O) groups is 3. The van der Waals surface area contributed by atoms with Crippen LogP contribution >= 0.6 is 22.9 Å². The van der Waals surface area contributed by atoms with E-state index in [9.17, 15) is 24.3 Å². The molecule has 0 saturated carbocycles. The van der Waals surface area contributed by atoms with Crippen LogP contribution in [0.15, 0.2) is 71.0 Å². The number of β-amino-alcohol motifs (C(OH)–C–C–N with tert-alkyl or cyclic N) is 1. The maximum absolute atomic E-state index is 14.2. The van der Waals surface area contributed by atoms with Gasteiger partial charge in [-0.25, -0.2) is 4.98 Å². The second-order valence-electron chi connectivity index (χ2n) is 18.9. The van der Waals surface area contributed by atoms with Gasteiger partial charge in [-0.15, -0.1) is 11.3 Å². The van der Waals surface area contributed by atoms with E-state index in [2.05, 4.69) is 62.1 Å². The van der Waals surface area contributed by atoms with Crippen molar-refractivity contribution in [2.45, 2.75) is 110 Å². The summed E-state index contributed by atoms with van der Waals surface area (Å²) in [6.45, 7) is 16.0. The van der Waals surface area contributed by atoms with Gasteiger partial charge in [0.15, 0.2) is 0 Å². The number of rotatable bonds is 10. The molecule has 2 fully saturated rings. The van der Waals surface area contributed by atoms with Crippen molar-refractivity contribution in [3.63, 3.8) is 0 Å². The molecular formula is C48H56ClN7O5S. The number of nitrogens with one attached hydrogen (secondary N) is 2. The molecule has 3 aromatic carbocycles. The summed E-state index contributed by atoms with van der Waals surface area (Å²) < 4.78 is 2.10. The minimum Gasteiger partial charge on any atom is -0.391 e. The molecule has 12 nitrogen and oxygen atoms in total. The maximum Gasteiger partial charge on any atom is 0.282 e. The molecule has 5 aromatic rings. The second-order valence-corrected chi connectivity index (χ2v) is 20.1. The highest BCUT2D eigenvalue weighted by atomic mass is 35.5. The van der Waals surface area contributed by atoms with Gasteiger partial charge in [-0.2, -0.15) is 4.98 Å². The van der Waals surface area contributed by atoms with Gasteiger partial charge in [0.2, 0.25) is 17.7 Å². The standard InChI is InChI=1S/C48H56ClN7O5S/c1-27(29-11-13-31(14-12-29)41-28(2)50-26-62-41)51-43(59)38-24-33(57)25-55(38)45(61)42(47(3,4)5)52-39(58)19-22-54-20-17-30(18-21-54)32-15-16-34-37(23-32)56-36-10-8-9-35(49)40(36)44(60)53-46(56)48(34,6)7/h8-16,23,26-27,30,33,38,42,57H,17-22,24-25H2,1-7H3,(H,51,59)(H,52,58)/t27-,33+,38-,42+/m0/s1. The monoisotopic (exact) mass is 877 g/mol. The number of benzene rings is 3. The predicted octanol–water partition coefficient (Wildman–Crippen LogP) is 7.05. The Balaban J connectivity index is 0.873. The highest BCUT2D eigenvalue weighted by Gasteiger charge is 2.45. The first-order valence-corrected chi connectivity index (χ1v) is 22.9. The van der Waals surface area contributed by atoms with Crippen LogP contribution in [0.4, 0.5) is 0 Å². The third-order valence-corrected chi connectivity index (χ3v) is 14.4. The zero-order valence-corrected chi connectivity index (χ0v) is 38.1. The summed E-state index contributed by atoms with van der Waals surface area (Å²) in [5, 5.41) is 17.6. The molecule has 5 heterocycles. The van der Waals surface area contributed by atoms with Crippen molar-refractivity contribution in [3.8, 4) is 16.1 Å². The average molecular weight is 879 g/mol. The molecule has 0 spiro atoms. The number of halogens is 1. The number of piperidine rings is 1. The Labute approximate surface area is 371 Å². The number of aromatic nitrogens is 3. The molecule has 0 aliphatic carbocycles. The summed E-state index contributed by atoms with van der Waals surface area (Å²) >= 11 is 8.09. The van der Waals surface area contributed by atoms with Crippen molar-refractivity contribution < 1.29 is 19.5 Å². The number of amides is 3. The van der Waals surface area contributed by atoms with Gasteiger partial charge in [0.1, 0.15) is 17.9 Å². The largest absolute Gasteiger partial charge is 0.391 e. The highest BCUT2D eigenvalue weighted by Crippen LogP contribution is 2.45. The lowest BCUT2D eigenvalue weighted by Crippen LogP contribution is -2.58. The number of fused-ring (bicyclic) bond motifs is 5. The van der Waals surface area contributed by atoms with E-state index in [1.807, 2.05) is 76.5 Å². The van der Waals surface area contributed by atoms with E-state index in [-0.39, 0.29) is 48.7 Å². The third kappa shape index (κ3) is 8.32. The SMILES string of the molecule is Cc1ncsc1-c1ccc([C@H](C)NC(=O)[C@@H]2C[C@@H](O)CN2C(=O)[C@@H](NC(=O)CCN2CCC(c3ccc4c(c3)-n3c(nc(=O)c5c(Cl)cccc53)C4(C)C)CC2)C(C)(C)C)cc1. The third-order valence-electron chi connectivity index (χ3n) is 13.1. The van der Waals surface area contributed by atoms with Gasteiger partial charge in [-0.1, -0.05) is 74.8 Å². The van der Waals surface area contributed by atoms with Crippen LogP contribution in [0.1, 0.15) is 107 Å². The van der Waals surface area contributed by atoms with Crippen molar-refractivity contribution in [2.75, 3.05) is 26.2 Å². The number of hydrogen-bond donors (Lipinski definition) is 3. The van der Waals surface area contributed by atoms with E-state index in [1.54, 1.807) is 17.4 Å². The second kappa shape index (κ2) is 17.0. The van der Waals surface area contributed by atoms with Crippen LogP contribution < -0.4 is 16.2 Å². The fraction of sp³-hybridized carbons (Fsp3) is 0.458. The van der Waals surface area contributed by atoms with Crippen LogP contribution in [0.3, 0.4) is 0 Å². The van der Waals surface area contributed by atoms with Gasteiger partial charge in [-0.3, -0.25) is 23.7 Å². The molecule has 326 valence electrons. The summed E-state index contributed by atoms with van der Waals surface area (Å²) in [5.41, 5.74) is 7.49. The summed E-state index contributed by atoms with van der Waals surface area (Å²) in [5.74, 6) is 0.0884. The van der Waals surface area contributed by atoms with Crippen molar-refractivity contribution in [2.24, 2.45) is 5.41 Å². The molecule has 3 amide bonds. The molecule has 8 rings (SSSR count). The quantitative estimate of drug-likeness (QED) is 0.135. The Kier molecular flexibility index (Phi) is 12.0. The first-order valence-electron chi connectivity index (χ1n) is 21.6. The lowest BCUT2D eigenvalue weighted by atomic mass is 9.83. The zero-order chi connectivity index (χ0) is 44.2. The predicted molar refractivity (Wildman–Crippen MR) is 244 cm³/mol. The molecule has 3 N–H and O–H groups in total. The summed E-state index contributed by atoms with van der Waals surface area (Å²) in [4.78, 5) is 68.4. The smallest absolute Gasteiger partial charge is 0.282 e. The molecule has 62 heavy (non-hydrogen) atoms. The van der Waals surface area contributed by atoms with Crippen molar-refractivity contribution in [1.82, 2.24) is 35.0 Å². The summed E-state index contributed by atoms with van der Waals surface area (Å²) in [6, 6.07) is 18.1. The normalized spacial score (nSPS) is 19.9. The number of likely N-dealkylation sites (tertiary alicyclic amines) is 2. The Morgan fingerprint density at radius 1 is 1.03 bits per heavy atom. The van der Waals surface area contributed by atoms with Crippen LogP contribution in [0.2, 0.25) is 5.02 Å². The summed E-state index contributed by atoms with van der Waals surface area (Å²) in [7, 11) is 0. The minimum absolute atomic E-state index is 0.0156. The van der Waals surface area contributed by atoms with Crippen LogP contribution in [0.5, 0.6) is 0 Å².